The topological polar surface area (TPSA) is 101 Å². The van der Waals surface area contributed by atoms with Gasteiger partial charge in [0.05, 0.1) is 40.2 Å². The van der Waals surface area contributed by atoms with Gasteiger partial charge >= 0.3 is 12.1 Å². The smallest absolute Gasteiger partial charge is 0.416 e. The fourth-order valence-corrected chi connectivity index (χ4v) is 4.57. The van der Waals surface area contributed by atoms with Gasteiger partial charge in [-0.15, -0.1) is 0 Å². The molecule has 5 rings (SSSR count). The van der Waals surface area contributed by atoms with Gasteiger partial charge in [0.1, 0.15) is 17.7 Å². The van der Waals surface area contributed by atoms with E-state index >= 15 is 0 Å². The number of rotatable bonds is 6. The zero-order valence-corrected chi connectivity index (χ0v) is 19.4. The fraction of sp³-hybridized carbons (Fsp3) is 0.308. The molecule has 0 spiro atoms. The zero-order chi connectivity index (χ0) is 26.2. The van der Waals surface area contributed by atoms with Gasteiger partial charge in [0, 0.05) is 12.0 Å². The molecule has 1 aliphatic rings. The molecule has 2 N–H and O–H groups in total. The van der Waals surface area contributed by atoms with Crippen LogP contribution in [0.2, 0.25) is 0 Å². The summed E-state index contributed by atoms with van der Waals surface area (Å²) < 4.78 is 59.8. The average Bonchev–Trinajstić information content (AvgIpc) is 3.28. The van der Waals surface area contributed by atoms with Crippen molar-refractivity contribution in [3.63, 3.8) is 0 Å². The number of benzene rings is 2. The quantitative estimate of drug-likeness (QED) is 0.295. The predicted octanol–water partition coefficient (Wildman–Crippen LogP) is 6.26. The van der Waals surface area contributed by atoms with Crippen LogP contribution in [0.4, 0.5) is 17.6 Å². The maximum Gasteiger partial charge on any atom is 0.416 e. The number of halogens is 4. The number of nitrogens with one attached hydrogen (secondary N) is 1. The number of aromatic amines is 1. The number of fused-ring (bicyclic) bond motifs is 1. The van der Waals surface area contributed by atoms with Gasteiger partial charge in [0.2, 0.25) is 5.88 Å². The monoisotopic (exact) mass is 514 g/mol. The molecule has 0 unspecified atom stereocenters. The fourth-order valence-electron chi connectivity index (χ4n) is 4.57. The Kier molecular flexibility index (Phi) is 6.53. The van der Waals surface area contributed by atoms with Gasteiger partial charge in [-0.25, -0.2) is 19.3 Å². The average molecular weight is 514 g/mol. The molecule has 0 aliphatic heterocycles. The van der Waals surface area contributed by atoms with Gasteiger partial charge < -0.3 is 14.8 Å². The van der Waals surface area contributed by atoms with Crippen molar-refractivity contribution in [2.24, 2.45) is 5.92 Å². The number of ether oxygens (including phenoxy) is 1. The number of carbonyl (C=O) groups is 1. The van der Waals surface area contributed by atoms with Crippen molar-refractivity contribution in [1.82, 2.24) is 19.9 Å². The molecular weight excluding hydrogens is 492 g/mol. The van der Waals surface area contributed by atoms with Crippen molar-refractivity contribution < 1.29 is 32.2 Å². The van der Waals surface area contributed by atoms with Crippen molar-refractivity contribution in [2.75, 3.05) is 0 Å². The molecule has 192 valence electrons. The van der Waals surface area contributed by atoms with Gasteiger partial charge in [-0.2, -0.15) is 13.2 Å². The van der Waals surface area contributed by atoms with E-state index in [2.05, 4.69) is 19.9 Å². The normalized spacial score (nSPS) is 18.2. The van der Waals surface area contributed by atoms with Crippen LogP contribution in [0.25, 0.3) is 33.7 Å². The molecule has 2 aromatic heterocycles. The first-order valence-corrected chi connectivity index (χ1v) is 11.7. The Morgan fingerprint density at radius 1 is 1.05 bits per heavy atom. The van der Waals surface area contributed by atoms with E-state index in [4.69, 9.17) is 9.84 Å². The molecule has 2 heterocycles. The lowest BCUT2D eigenvalue weighted by atomic mass is 9.85. The predicted molar refractivity (Wildman–Crippen MR) is 126 cm³/mol. The lowest BCUT2D eigenvalue weighted by Crippen LogP contribution is -2.25. The molecule has 2 aromatic carbocycles. The second-order valence-electron chi connectivity index (χ2n) is 9.11. The Balaban J connectivity index is 1.27. The van der Waals surface area contributed by atoms with Gasteiger partial charge in [-0.05, 0) is 61.9 Å². The first-order valence-electron chi connectivity index (χ1n) is 11.7. The summed E-state index contributed by atoms with van der Waals surface area (Å²) in [7, 11) is 0. The third-order valence-corrected chi connectivity index (χ3v) is 6.50. The molecular formula is C26H22F4N4O3. The Morgan fingerprint density at radius 2 is 1.84 bits per heavy atom. The van der Waals surface area contributed by atoms with E-state index in [0.717, 1.165) is 37.8 Å². The maximum atomic E-state index is 15.0. The molecule has 1 saturated carbocycles. The minimum absolute atomic E-state index is 0.0575. The van der Waals surface area contributed by atoms with Crippen molar-refractivity contribution in [3.05, 3.63) is 60.2 Å². The third kappa shape index (κ3) is 5.55. The number of alkyl halides is 3. The molecule has 0 amide bonds. The first-order chi connectivity index (χ1) is 17.7. The summed E-state index contributed by atoms with van der Waals surface area (Å²) in [6.45, 7) is 0. The Hall–Kier alpha value is -4.02. The first kappa shape index (κ1) is 24.7. The number of aromatic nitrogens is 4. The molecule has 0 saturated heterocycles. The van der Waals surface area contributed by atoms with Crippen LogP contribution in [-0.4, -0.2) is 37.1 Å². The summed E-state index contributed by atoms with van der Waals surface area (Å²) in [5, 5.41) is 8.93. The van der Waals surface area contributed by atoms with Gasteiger partial charge in [-0.1, -0.05) is 6.07 Å². The zero-order valence-electron chi connectivity index (χ0n) is 19.4. The molecule has 0 atom stereocenters. The SMILES string of the molecule is O=C(O)C[C@H]1CC[C@@H](Oc2cnc(-c3ccc(-c4nc5cc(C(F)(F)F)ccc5[nH]4)c(F)c3)cn2)CC1. The van der Waals surface area contributed by atoms with E-state index in [1.165, 1.54) is 30.6 Å². The summed E-state index contributed by atoms with van der Waals surface area (Å²) in [4.78, 5) is 26.5. The van der Waals surface area contributed by atoms with Crippen molar-refractivity contribution >= 4 is 17.0 Å². The summed E-state index contributed by atoms with van der Waals surface area (Å²) in [6, 6.07) is 7.50. The number of hydrogen-bond donors (Lipinski definition) is 2. The van der Waals surface area contributed by atoms with Crippen LogP contribution in [0.1, 0.15) is 37.7 Å². The molecule has 7 nitrogen and oxygen atoms in total. The number of nitrogens with zero attached hydrogens (tertiary/aromatic N) is 3. The minimum atomic E-state index is -4.50. The van der Waals surface area contributed by atoms with Gasteiger partial charge in [0.15, 0.2) is 0 Å². The number of carboxylic acid groups (broad SMARTS) is 1. The third-order valence-electron chi connectivity index (χ3n) is 6.50. The highest BCUT2D eigenvalue weighted by Gasteiger charge is 2.31. The Labute approximate surface area is 208 Å². The van der Waals surface area contributed by atoms with E-state index in [9.17, 15) is 22.4 Å². The largest absolute Gasteiger partial charge is 0.481 e. The van der Waals surface area contributed by atoms with Crippen LogP contribution in [0.15, 0.2) is 48.8 Å². The maximum absolute atomic E-state index is 15.0. The highest BCUT2D eigenvalue weighted by molar-refractivity contribution is 5.80. The molecule has 0 bridgehead atoms. The van der Waals surface area contributed by atoms with E-state index in [0.29, 0.717) is 22.7 Å². The minimum Gasteiger partial charge on any atom is -0.481 e. The summed E-state index contributed by atoms with van der Waals surface area (Å²) in [6.07, 6.45) is 1.60. The molecule has 1 aliphatic carbocycles. The number of hydrogen-bond acceptors (Lipinski definition) is 5. The summed E-state index contributed by atoms with van der Waals surface area (Å²) in [5.74, 6) is -0.782. The molecule has 11 heteroatoms. The van der Waals surface area contributed by atoms with E-state index in [1.807, 2.05) is 0 Å². The second-order valence-corrected chi connectivity index (χ2v) is 9.11. The Bertz CT molecular complexity index is 1430. The van der Waals surface area contributed by atoms with Crippen LogP contribution >= 0.6 is 0 Å². The standard InChI is InChI=1S/C26H22F4N4O3/c27-19-10-15(3-7-18(19)25-33-20-8-4-16(26(28,29)30)11-21(20)34-25)22-12-32-23(13-31-22)37-17-5-1-14(2-6-17)9-24(35)36/h3-4,7-8,10-14,17H,1-2,5-6,9H2,(H,33,34)(H,35,36)/t14-,17+. The van der Waals surface area contributed by atoms with E-state index in [-0.39, 0.29) is 35.3 Å². The van der Waals surface area contributed by atoms with Gasteiger partial charge in [0.25, 0.3) is 0 Å². The molecule has 4 aromatic rings. The number of carboxylic acids is 1. The van der Waals surface area contributed by atoms with Crippen LogP contribution in [0.5, 0.6) is 5.88 Å². The van der Waals surface area contributed by atoms with Crippen molar-refractivity contribution in [2.45, 2.75) is 44.4 Å². The number of H-pyrrole nitrogens is 1. The Morgan fingerprint density at radius 3 is 2.49 bits per heavy atom. The van der Waals surface area contributed by atoms with E-state index < -0.39 is 23.5 Å². The van der Waals surface area contributed by atoms with Crippen LogP contribution in [0, 0.1) is 11.7 Å². The van der Waals surface area contributed by atoms with Crippen LogP contribution < -0.4 is 4.74 Å². The highest BCUT2D eigenvalue weighted by atomic mass is 19.4. The highest BCUT2D eigenvalue weighted by Crippen LogP contribution is 2.33. The lowest BCUT2D eigenvalue weighted by Gasteiger charge is -2.27. The second kappa shape index (κ2) is 9.79. The van der Waals surface area contributed by atoms with Crippen molar-refractivity contribution in [3.8, 4) is 28.5 Å². The molecule has 0 radical (unpaired) electrons. The van der Waals surface area contributed by atoms with Crippen LogP contribution in [0.3, 0.4) is 0 Å². The van der Waals surface area contributed by atoms with E-state index in [1.54, 1.807) is 6.07 Å². The molecule has 37 heavy (non-hydrogen) atoms. The van der Waals surface area contributed by atoms with Gasteiger partial charge in [-0.3, -0.25) is 4.79 Å². The summed E-state index contributed by atoms with van der Waals surface area (Å²) >= 11 is 0. The lowest BCUT2D eigenvalue weighted by molar-refractivity contribution is -0.139. The van der Waals surface area contributed by atoms with Crippen molar-refractivity contribution in [1.29, 1.82) is 0 Å². The van der Waals surface area contributed by atoms with Crippen LogP contribution in [-0.2, 0) is 11.0 Å². The number of aliphatic carboxylic acids is 1. The number of imidazole rings is 1. The summed E-state index contributed by atoms with van der Waals surface area (Å²) in [5.41, 5.74) is 0.617. The molecule has 1 fully saturated rings.